The summed E-state index contributed by atoms with van der Waals surface area (Å²) in [4.78, 5) is 55.1. The fraction of sp³-hybridized carbons (Fsp3) is 0.500. The van der Waals surface area contributed by atoms with Gasteiger partial charge < -0.3 is 74.0 Å². The van der Waals surface area contributed by atoms with Crippen LogP contribution in [0.5, 0.6) is 0 Å². The van der Waals surface area contributed by atoms with E-state index in [4.69, 9.17) is 43.4 Å². The third-order valence-corrected chi connectivity index (χ3v) is 16.1. The monoisotopic (exact) mass is 1260 g/mol. The highest BCUT2D eigenvalue weighted by Crippen LogP contribution is 2.45. The molecule has 9 rings (SSSR count). The third-order valence-electron chi connectivity index (χ3n) is 16.1. The summed E-state index contributed by atoms with van der Waals surface area (Å²) in [6, 6.07) is 44.5. The van der Waals surface area contributed by atoms with Crippen LogP contribution in [0, 0.1) is 29.6 Å². The van der Waals surface area contributed by atoms with Crippen LogP contribution in [0.15, 0.2) is 152 Å². The van der Waals surface area contributed by atoms with Crippen LogP contribution in [0.4, 0.5) is 0 Å². The molecule has 8 N–H and O–H groups in total. The SMILES string of the molecule is C.C.C.CC(=O)c1ccccc1.CC(=O)c1ccccc1.CC(=O)c1ccccc1.CC1O[C@H](O[C@]2(C)O[C@H](C)[C@H](C)C2C)C(C)[C@H](C)[C@@H]1C.O=C(OC(=O)c1ccccc1)c1ccccc1.OCC1O[C@H](O[C@]2(CO)O[C@H](CO)[C@H](O)C2O)C(O)[C@H](O)[C@@H]1O. The number of hydrogen-bond acceptors (Lipinski definition) is 20. The molecule has 4 fully saturated rings. The third kappa shape index (κ3) is 22.8. The fourth-order valence-corrected chi connectivity index (χ4v) is 9.58. The molecule has 20 heteroatoms. The van der Waals surface area contributed by atoms with Gasteiger partial charge in [-0.3, -0.25) is 14.4 Å². The van der Waals surface area contributed by atoms with Crippen molar-refractivity contribution >= 4 is 29.3 Å². The predicted molar refractivity (Wildman–Crippen MR) is 341 cm³/mol. The number of Topliss-reactive ketones (excluding diaryl/α,β-unsaturated/α-hetero) is 3. The number of ketones is 3. The van der Waals surface area contributed by atoms with Crippen molar-refractivity contribution < 1.29 is 98.0 Å². The summed E-state index contributed by atoms with van der Waals surface area (Å²) < 4.78 is 38.8. The van der Waals surface area contributed by atoms with E-state index in [9.17, 15) is 54.6 Å². The van der Waals surface area contributed by atoms with Gasteiger partial charge in [-0.05, 0) is 83.6 Å². The van der Waals surface area contributed by atoms with Gasteiger partial charge >= 0.3 is 11.9 Å². The Morgan fingerprint density at radius 3 is 1.11 bits per heavy atom. The standard InChI is InChI=1S/C17H32O3.C14H10O3.C12H22O11.3C8H8O.3CH4/c1-9-10(2)14(6)18-16(11(9)3)20-17(8)13(5)12(4)15(7)19-17;15-13(11-7-3-1-4-8-11)17-14(16)12-9-5-2-6-10-12;13-1-4-6(16)8(18)9(19)11(21-4)23-12(3-15)10(20)7(17)5(2-14)22-12;3*1-7(9)8-5-3-2-4-6-8;;;/h9-16H,1-8H3;1-10H;4-11,13-20H,1-3H2;3*2-6H,1H3;3*1H4/t9-,10+,11?,12-,13?,14?,15-,16-,17+;;4?,5-,6-,7+,8-,9?,10?,11-,12+;;;;;;/m1.1....../s1. The molecule has 4 aliphatic rings. The number of aliphatic hydroxyl groups excluding tert-OH is 8. The molecule has 90 heavy (non-hydrogen) atoms. The summed E-state index contributed by atoms with van der Waals surface area (Å²) in [7, 11) is 0. The lowest BCUT2D eigenvalue weighted by Crippen LogP contribution is -2.62. The van der Waals surface area contributed by atoms with E-state index in [-0.39, 0.29) is 58.1 Å². The molecule has 0 spiro atoms. The summed E-state index contributed by atoms with van der Waals surface area (Å²) >= 11 is 0. The molecule has 5 aromatic carbocycles. The Labute approximate surface area is 531 Å². The Morgan fingerprint density at radius 1 is 0.422 bits per heavy atom. The lowest BCUT2D eigenvalue weighted by molar-refractivity contribution is -0.383. The van der Waals surface area contributed by atoms with E-state index in [0.717, 1.165) is 16.7 Å². The molecule has 4 heterocycles. The summed E-state index contributed by atoms with van der Waals surface area (Å²) in [5, 5.41) is 76.7. The van der Waals surface area contributed by atoms with Crippen LogP contribution in [0.2, 0.25) is 0 Å². The van der Waals surface area contributed by atoms with Crippen molar-refractivity contribution in [1.29, 1.82) is 0 Å². The molecule has 500 valence electrons. The first kappa shape index (κ1) is 81.7. The maximum atomic E-state index is 11.6. The first-order chi connectivity index (χ1) is 41.2. The molecule has 4 aliphatic heterocycles. The average molecular weight is 1260 g/mol. The molecule has 0 radical (unpaired) electrons. The van der Waals surface area contributed by atoms with Crippen molar-refractivity contribution in [3.8, 4) is 0 Å². The van der Waals surface area contributed by atoms with E-state index in [1.807, 2.05) is 91.0 Å². The Morgan fingerprint density at radius 2 is 0.800 bits per heavy atom. The molecule has 20 nitrogen and oxygen atoms in total. The Hall–Kier alpha value is -6.31. The van der Waals surface area contributed by atoms with Crippen molar-refractivity contribution in [2.45, 2.75) is 178 Å². The lowest BCUT2D eigenvalue weighted by Gasteiger charge is -2.45. The molecule has 5 aromatic rings. The van der Waals surface area contributed by atoms with Crippen LogP contribution < -0.4 is 0 Å². The van der Waals surface area contributed by atoms with Gasteiger partial charge in [0, 0.05) is 28.5 Å². The molecular formula is C70H100O20. The lowest BCUT2D eigenvalue weighted by atomic mass is 9.79. The number of rotatable bonds is 12. The number of aliphatic hydroxyl groups is 8. The van der Waals surface area contributed by atoms with Gasteiger partial charge in [-0.2, -0.15) is 0 Å². The second-order valence-corrected chi connectivity index (χ2v) is 22.1. The second-order valence-electron chi connectivity index (χ2n) is 22.1. The van der Waals surface area contributed by atoms with Gasteiger partial charge in [0.25, 0.3) is 0 Å². The van der Waals surface area contributed by atoms with Crippen molar-refractivity contribution in [3.63, 3.8) is 0 Å². The van der Waals surface area contributed by atoms with Gasteiger partial charge in [-0.25, -0.2) is 9.59 Å². The second kappa shape index (κ2) is 39.2. The number of ether oxygens (including phenoxy) is 7. The molecule has 0 amide bonds. The Kier molecular flexibility index (Phi) is 35.6. The Balaban J connectivity index is 0.000000557. The minimum atomic E-state index is -2.22. The van der Waals surface area contributed by atoms with Gasteiger partial charge in [0.1, 0.15) is 49.3 Å². The van der Waals surface area contributed by atoms with Gasteiger partial charge in [-0.1, -0.05) is 184 Å². The molecule has 6 unspecified atom stereocenters. The van der Waals surface area contributed by atoms with Crippen molar-refractivity contribution in [3.05, 3.63) is 179 Å². The summed E-state index contributed by atoms with van der Waals surface area (Å²) in [6.07, 6.45) is -12.3. The van der Waals surface area contributed by atoms with Crippen LogP contribution in [0.3, 0.4) is 0 Å². The maximum absolute atomic E-state index is 11.6. The highest BCUT2D eigenvalue weighted by molar-refractivity contribution is 6.02. The largest absolute Gasteiger partial charge is 0.394 e. The zero-order valence-electron chi connectivity index (χ0n) is 51.3. The zero-order chi connectivity index (χ0) is 64.8. The zero-order valence-corrected chi connectivity index (χ0v) is 51.3. The van der Waals surface area contributed by atoms with E-state index >= 15 is 0 Å². The highest BCUT2D eigenvalue weighted by atomic mass is 16.8. The van der Waals surface area contributed by atoms with Crippen molar-refractivity contribution in [1.82, 2.24) is 0 Å². The normalized spacial score (nSPS) is 30.3. The number of benzene rings is 5. The van der Waals surface area contributed by atoms with Crippen molar-refractivity contribution in [2.75, 3.05) is 19.8 Å². The summed E-state index contributed by atoms with van der Waals surface area (Å²) in [6.45, 7) is 20.0. The summed E-state index contributed by atoms with van der Waals surface area (Å²) in [5.74, 6) is -1.24. The van der Waals surface area contributed by atoms with E-state index in [1.54, 1.807) is 81.4 Å². The van der Waals surface area contributed by atoms with E-state index in [2.05, 4.69) is 55.4 Å². The molecule has 18 atom stereocenters. The van der Waals surface area contributed by atoms with E-state index in [0.29, 0.717) is 40.7 Å². The smallest absolute Gasteiger partial charge is 0.346 e. The topological polar surface area (TPSA) is 312 Å². The van der Waals surface area contributed by atoms with Gasteiger partial charge in [0.2, 0.25) is 5.79 Å². The van der Waals surface area contributed by atoms with E-state index in [1.165, 1.54) is 0 Å². The van der Waals surface area contributed by atoms with Crippen LogP contribution in [0.1, 0.15) is 150 Å². The molecule has 0 bridgehead atoms. The molecule has 0 aliphatic carbocycles. The summed E-state index contributed by atoms with van der Waals surface area (Å²) in [5.41, 5.74) is 3.04. The minimum absolute atomic E-state index is 0. The van der Waals surface area contributed by atoms with Crippen LogP contribution in [-0.4, -0.2) is 169 Å². The van der Waals surface area contributed by atoms with Gasteiger partial charge in [-0.15, -0.1) is 0 Å². The number of esters is 2. The van der Waals surface area contributed by atoms with Crippen LogP contribution in [-0.2, 0) is 33.2 Å². The fourth-order valence-electron chi connectivity index (χ4n) is 9.58. The van der Waals surface area contributed by atoms with Gasteiger partial charge in [0.05, 0.1) is 36.5 Å². The molecule has 4 saturated heterocycles. The van der Waals surface area contributed by atoms with Crippen molar-refractivity contribution in [2.24, 2.45) is 29.6 Å². The minimum Gasteiger partial charge on any atom is -0.394 e. The Bertz CT molecular complexity index is 2680. The van der Waals surface area contributed by atoms with Crippen LogP contribution in [0.25, 0.3) is 0 Å². The maximum Gasteiger partial charge on any atom is 0.346 e. The number of carbonyl (C=O) groups excluding carboxylic acids is 5. The van der Waals surface area contributed by atoms with Gasteiger partial charge in [0.15, 0.2) is 35.7 Å². The first-order valence-electron chi connectivity index (χ1n) is 29.0. The molecule has 0 saturated carbocycles. The average Bonchev–Trinajstić information content (AvgIpc) is 1.59. The predicted octanol–water partition coefficient (Wildman–Crippen LogP) is 8.93. The quantitative estimate of drug-likeness (QED) is 0.0328. The first-order valence-corrected chi connectivity index (χ1v) is 29.0. The number of carbonyl (C=O) groups is 5. The molecular weight excluding hydrogens is 1160 g/mol. The van der Waals surface area contributed by atoms with E-state index < -0.39 is 92.4 Å². The van der Waals surface area contributed by atoms with Crippen LogP contribution >= 0.6 is 0 Å². The number of hydrogen-bond donors (Lipinski definition) is 8. The molecule has 0 aromatic heterocycles. The highest BCUT2D eigenvalue weighted by Gasteiger charge is 2.58.